The number of carbonyl (C=O) groups excluding carboxylic acids is 2. The third-order valence-corrected chi connectivity index (χ3v) is 3.72. The highest BCUT2D eigenvalue weighted by atomic mass is 16.5. The summed E-state index contributed by atoms with van der Waals surface area (Å²) in [5.41, 5.74) is 0.880. The number of aromatic hydroxyl groups is 2. The van der Waals surface area contributed by atoms with Gasteiger partial charge in [0, 0.05) is 23.3 Å². The van der Waals surface area contributed by atoms with E-state index in [9.17, 15) is 19.8 Å². The Balaban J connectivity index is 1.96. The molecule has 0 fully saturated rings. The fraction of sp³-hybridized carbons (Fsp3) is 0.143. The van der Waals surface area contributed by atoms with E-state index in [0.717, 1.165) is 0 Å². The molecule has 0 amide bonds. The lowest BCUT2D eigenvalue weighted by Crippen LogP contribution is -2.01. The zero-order valence-corrected chi connectivity index (χ0v) is 15.0. The molecule has 0 aliphatic rings. The normalized spacial score (nSPS) is 11.0. The molecule has 0 aliphatic carbocycles. The summed E-state index contributed by atoms with van der Waals surface area (Å²) in [6.45, 7) is 0. The van der Waals surface area contributed by atoms with Crippen LogP contribution in [0.2, 0.25) is 0 Å². The van der Waals surface area contributed by atoms with E-state index in [-0.39, 0.29) is 17.9 Å². The van der Waals surface area contributed by atoms with Crippen molar-refractivity contribution in [2.45, 2.75) is 6.42 Å². The van der Waals surface area contributed by atoms with Gasteiger partial charge in [-0.25, -0.2) is 0 Å². The van der Waals surface area contributed by atoms with E-state index in [1.807, 2.05) is 0 Å². The largest absolute Gasteiger partial charge is 0.507 e. The second kappa shape index (κ2) is 9.24. The Morgan fingerprint density at radius 1 is 0.815 bits per heavy atom. The Morgan fingerprint density at radius 2 is 1.22 bits per heavy atom. The van der Waals surface area contributed by atoms with Crippen molar-refractivity contribution in [1.29, 1.82) is 0 Å². The molecule has 0 unspecified atom stereocenters. The number of ether oxygens (including phenoxy) is 2. The first-order chi connectivity index (χ1) is 12.9. The van der Waals surface area contributed by atoms with Crippen LogP contribution in [0.25, 0.3) is 12.2 Å². The Morgan fingerprint density at radius 3 is 1.56 bits per heavy atom. The second-order valence-corrected chi connectivity index (χ2v) is 5.63. The number of benzene rings is 2. The van der Waals surface area contributed by atoms with Crippen LogP contribution in [0.15, 0.2) is 48.6 Å². The first-order valence-electron chi connectivity index (χ1n) is 8.08. The topological polar surface area (TPSA) is 93.1 Å². The highest BCUT2D eigenvalue weighted by Crippen LogP contribution is 2.25. The molecular weight excluding hydrogens is 348 g/mol. The van der Waals surface area contributed by atoms with E-state index in [0.29, 0.717) is 22.6 Å². The lowest BCUT2D eigenvalue weighted by atomic mass is 10.1. The number of phenolic OH excluding ortho intramolecular Hbond substituents is 2. The van der Waals surface area contributed by atoms with Crippen molar-refractivity contribution < 1.29 is 29.3 Å². The third-order valence-electron chi connectivity index (χ3n) is 3.72. The molecule has 0 saturated heterocycles. The van der Waals surface area contributed by atoms with Gasteiger partial charge in [0.25, 0.3) is 0 Å². The van der Waals surface area contributed by atoms with E-state index in [1.54, 1.807) is 24.3 Å². The fourth-order valence-corrected chi connectivity index (χ4v) is 2.24. The fourth-order valence-electron chi connectivity index (χ4n) is 2.24. The molecule has 6 heteroatoms. The van der Waals surface area contributed by atoms with Gasteiger partial charge in [0.15, 0.2) is 11.6 Å². The molecule has 6 nitrogen and oxygen atoms in total. The molecule has 2 rings (SSSR count). The Hall–Kier alpha value is -3.54. The molecule has 2 N–H and O–H groups in total. The molecule has 2 aromatic rings. The minimum Gasteiger partial charge on any atom is -0.507 e. The van der Waals surface area contributed by atoms with Crippen LogP contribution in [-0.2, 0) is 9.59 Å². The highest BCUT2D eigenvalue weighted by molar-refractivity contribution is 6.11. The average Bonchev–Trinajstić information content (AvgIpc) is 2.65. The van der Waals surface area contributed by atoms with E-state index < -0.39 is 11.6 Å². The highest BCUT2D eigenvalue weighted by Gasteiger charge is 2.06. The number of hydrogen-bond donors (Lipinski definition) is 2. The summed E-state index contributed by atoms with van der Waals surface area (Å²) in [4.78, 5) is 23.8. The first-order valence-corrected chi connectivity index (χ1v) is 8.08. The molecule has 140 valence electrons. The van der Waals surface area contributed by atoms with Crippen molar-refractivity contribution in [2.24, 2.45) is 0 Å². The number of carbonyl (C=O) groups is 2. The lowest BCUT2D eigenvalue weighted by Gasteiger charge is -2.03. The van der Waals surface area contributed by atoms with Crippen molar-refractivity contribution >= 4 is 23.7 Å². The van der Waals surface area contributed by atoms with Crippen LogP contribution in [0.1, 0.15) is 17.5 Å². The van der Waals surface area contributed by atoms with E-state index in [1.165, 1.54) is 50.7 Å². The number of phenols is 2. The summed E-state index contributed by atoms with van der Waals surface area (Å²) < 4.78 is 9.97. The van der Waals surface area contributed by atoms with Crippen LogP contribution in [-0.4, -0.2) is 36.0 Å². The minimum absolute atomic E-state index is 0.0281. The minimum atomic E-state index is -0.404. The zero-order chi connectivity index (χ0) is 19.8. The van der Waals surface area contributed by atoms with Gasteiger partial charge in [0.2, 0.25) is 0 Å². The smallest absolute Gasteiger partial charge is 0.163 e. The standard InChI is InChI=1S/C21H20O6/c1-26-18-9-5-14(20(24)12-18)3-7-16(22)11-17(23)8-4-15-6-10-19(27-2)13-21(15)25/h3-10,12-13,24-25H,11H2,1-2H3. The summed E-state index contributed by atoms with van der Waals surface area (Å²) in [6.07, 6.45) is 5.02. The molecule has 0 aliphatic heterocycles. The number of rotatable bonds is 8. The molecule has 0 atom stereocenters. The third kappa shape index (κ3) is 5.74. The monoisotopic (exact) mass is 368 g/mol. The van der Waals surface area contributed by atoms with E-state index in [4.69, 9.17) is 9.47 Å². The van der Waals surface area contributed by atoms with Gasteiger partial charge in [-0.3, -0.25) is 9.59 Å². The SMILES string of the molecule is COc1ccc(C=CC(=O)CC(=O)C=Cc2ccc(OC)cc2O)c(O)c1. The summed E-state index contributed by atoms with van der Waals surface area (Å²) in [7, 11) is 2.97. The molecule has 0 saturated carbocycles. The van der Waals surface area contributed by atoms with Crippen molar-refractivity contribution in [2.75, 3.05) is 14.2 Å². The van der Waals surface area contributed by atoms with Crippen LogP contribution < -0.4 is 9.47 Å². The summed E-state index contributed by atoms with van der Waals surface area (Å²) in [6, 6.07) is 9.37. The average molecular weight is 368 g/mol. The van der Waals surface area contributed by atoms with Gasteiger partial charge in [-0.05, 0) is 48.6 Å². The molecular formula is C21H20O6. The van der Waals surface area contributed by atoms with E-state index >= 15 is 0 Å². The lowest BCUT2D eigenvalue weighted by molar-refractivity contribution is -0.121. The summed E-state index contributed by atoms with van der Waals surface area (Å²) in [5.74, 6) is 0.132. The first kappa shape index (κ1) is 19.8. The maximum atomic E-state index is 11.9. The maximum Gasteiger partial charge on any atom is 0.163 e. The molecule has 0 spiro atoms. The Kier molecular flexibility index (Phi) is 6.77. The summed E-state index contributed by atoms with van der Waals surface area (Å²) >= 11 is 0. The van der Waals surface area contributed by atoms with Gasteiger partial charge >= 0.3 is 0 Å². The number of allylic oxidation sites excluding steroid dienone is 2. The Labute approximate surface area is 157 Å². The Bertz CT molecular complexity index is 822. The number of ketones is 2. The quantitative estimate of drug-likeness (QED) is 0.548. The predicted molar refractivity (Wildman–Crippen MR) is 102 cm³/mol. The van der Waals surface area contributed by atoms with Crippen molar-refractivity contribution in [3.05, 3.63) is 59.7 Å². The van der Waals surface area contributed by atoms with Gasteiger partial charge in [0.05, 0.1) is 20.6 Å². The van der Waals surface area contributed by atoms with Crippen LogP contribution >= 0.6 is 0 Å². The molecule has 0 radical (unpaired) electrons. The molecule has 27 heavy (non-hydrogen) atoms. The van der Waals surface area contributed by atoms with Gasteiger partial charge in [-0.1, -0.05) is 0 Å². The van der Waals surface area contributed by atoms with Crippen LogP contribution in [0.3, 0.4) is 0 Å². The van der Waals surface area contributed by atoms with Crippen LogP contribution in [0, 0.1) is 0 Å². The molecule has 0 bridgehead atoms. The van der Waals surface area contributed by atoms with Gasteiger partial charge in [0.1, 0.15) is 23.0 Å². The maximum absolute atomic E-state index is 11.9. The van der Waals surface area contributed by atoms with Crippen LogP contribution in [0.5, 0.6) is 23.0 Å². The van der Waals surface area contributed by atoms with Crippen molar-refractivity contribution in [3.63, 3.8) is 0 Å². The molecule has 0 heterocycles. The van der Waals surface area contributed by atoms with Gasteiger partial charge in [-0.15, -0.1) is 0 Å². The predicted octanol–water partition coefficient (Wildman–Crippen LogP) is 3.37. The number of methoxy groups -OCH3 is 2. The number of hydrogen-bond acceptors (Lipinski definition) is 6. The molecule has 0 aromatic heterocycles. The molecule has 2 aromatic carbocycles. The van der Waals surface area contributed by atoms with Crippen molar-refractivity contribution in [3.8, 4) is 23.0 Å². The second-order valence-electron chi connectivity index (χ2n) is 5.63. The van der Waals surface area contributed by atoms with Crippen molar-refractivity contribution in [1.82, 2.24) is 0 Å². The summed E-state index contributed by atoms with van der Waals surface area (Å²) in [5, 5.41) is 19.7. The zero-order valence-electron chi connectivity index (χ0n) is 15.0. The van der Waals surface area contributed by atoms with Crippen LogP contribution in [0.4, 0.5) is 0 Å². The van der Waals surface area contributed by atoms with Gasteiger partial charge < -0.3 is 19.7 Å². The van der Waals surface area contributed by atoms with E-state index in [2.05, 4.69) is 0 Å². The van der Waals surface area contributed by atoms with Gasteiger partial charge in [-0.2, -0.15) is 0 Å².